The number of amides is 1. The number of anilines is 1. The van der Waals surface area contributed by atoms with Gasteiger partial charge in [0, 0.05) is 22.9 Å². The van der Waals surface area contributed by atoms with Gasteiger partial charge in [-0.25, -0.2) is 4.79 Å². The Morgan fingerprint density at radius 1 is 1.23 bits per heavy atom. The van der Waals surface area contributed by atoms with Crippen molar-refractivity contribution in [3.05, 3.63) is 75.4 Å². The number of ether oxygens (including phenoxy) is 1. The lowest BCUT2D eigenvalue weighted by Crippen LogP contribution is -2.46. The fourth-order valence-electron chi connectivity index (χ4n) is 3.20. The van der Waals surface area contributed by atoms with E-state index >= 15 is 0 Å². The number of nitrogens with one attached hydrogen (secondary N) is 2. The van der Waals surface area contributed by atoms with Crippen LogP contribution in [0.3, 0.4) is 0 Å². The molecule has 8 heteroatoms. The standard InChI is InChI=1S/C22H22BrN3O3S/c1-4-29-21(28)18-13(2)26(3)22(30)25-19(18)14-8-7-9-15(12-14)24-20(27)16-10-5-6-11-17(16)23/h5-12,19H,4H2,1-3H3,(H,24,27)(H,25,30). The topological polar surface area (TPSA) is 70.7 Å². The highest BCUT2D eigenvalue weighted by Gasteiger charge is 2.33. The predicted octanol–water partition coefficient (Wildman–Crippen LogP) is 4.40. The molecule has 156 valence electrons. The van der Waals surface area contributed by atoms with Crippen LogP contribution in [0.25, 0.3) is 0 Å². The highest BCUT2D eigenvalue weighted by molar-refractivity contribution is 9.10. The smallest absolute Gasteiger partial charge is 0.338 e. The van der Waals surface area contributed by atoms with Gasteiger partial charge < -0.3 is 20.3 Å². The molecule has 1 unspecified atom stereocenters. The summed E-state index contributed by atoms with van der Waals surface area (Å²) in [6.45, 7) is 3.88. The molecule has 1 aliphatic heterocycles. The summed E-state index contributed by atoms with van der Waals surface area (Å²) in [6, 6.07) is 14.1. The highest BCUT2D eigenvalue weighted by atomic mass is 79.9. The molecule has 1 heterocycles. The quantitative estimate of drug-likeness (QED) is 0.481. The normalized spacial score (nSPS) is 16.2. The van der Waals surface area contributed by atoms with Crippen LogP contribution in [0.5, 0.6) is 0 Å². The van der Waals surface area contributed by atoms with E-state index in [-0.39, 0.29) is 12.5 Å². The second-order valence-electron chi connectivity index (χ2n) is 6.72. The maximum absolute atomic E-state index is 12.7. The monoisotopic (exact) mass is 487 g/mol. The third-order valence-corrected chi connectivity index (χ3v) is 5.93. The first-order valence-electron chi connectivity index (χ1n) is 9.41. The van der Waals surface area contributed by atoms with Gasteiger partial charge in [-0.3, -0.25) is 4.79 Å². The first-order chi connectivity index (χ1) is 14.3. The van der Waals surface area contributed by atoms with E-state index in [4.69, 9.17) is 17.0 Å². The average molecular weight is 488 g/mol. The van der Waals surface area contributed by atoms with Crippen LogP contribution >= 0.6 is 28.1 Å². The molecule has 3 rings (SSSR count). The number of carbonyl (C=O) groups is 2. The number of benzene rings is 2. The second-order valence-corrected chi connectivity index (χ2v) is 7.96. The molecule has 0 aliphatic carbocycles. The molecular weight excluding hydrogens is 466 g/mol. The SMILES string of the molecule is CCOC(=O)C1=C(C)N(C)C(=S)NC1c1cccc(NC(=O)c2ccccc2Br)c1. The van der Waals surface area contributed by atoms with E-state index in [1.807, 2.05) is 37.3 Å². The van der Waals surface area contributed by atoms with Crippen LogP contribution in [0.2, 0.25) is 0 Å². The van der Waals surface area contributed by atoms with E-state index in [9.17, 15) is 9.59 Å². The lowest BCUT2D eigenvalue weighted by Gasteiger charge is -2.35. The molecule has 0 bridgehead atoms. The fraction of sp³-hybridized carbons (Fsp3) is 0.227. The van der Waals surface area contributed by atoms with E-state index in [0.717, 1.165) is 11.3 Å². The maximum atomic E-state index is 12.7. The minimum absolute atomic E-state index is 0.233. The van der Waals surface area contributed by atoms with Crippen LogP contribution < -0.4 is 10.6 Å². The zero-order valence-corrected chi connectivity index (χ0v) is 19.3. The van der Waals surface area contributed by atoms with Gasteiger partial charge in [-0.15, -0.1) is 0 Å². The van der Waals surface area contributed by atoms with Crippen molar-refractivity contribution in [3.63, 3.8) is 0 Å². The Morgan fingerprint density at radius 3 is 2.67 bits per heavy atom. The molecule has 0 spiro atoms. The Hall–Kier alpha value is -2.71. The summed E-state index contributed by atoms with van der Waals surface area (Å²) in [6.07, 6.45) is 0. The Bertz CT molecular complexity index is 1040. The Balaban J connectivity index is 1.93. The molecule has 0 saturated carbocycles. The number of allylic oxidation sites excluding steroid dienone is 1. The summed E-state index contributed by atoms with van der Waals surface area (Å²) in [5, 5.41) is 6.62. The molecule has 30 heavy (non-hydrogen) atoms. The first kappa shape index (κ1) is 22.0. The van der Waals surface area contributed by atoms with Crippen molar-refractivity contribution in [3.8, 4) is 0 Å². The van der Waals surface area contributed by atoms with Crippen molar-refractivity contribution in [1.82, 2.24) is 10.2 Å². The minimum atomic E-state index is -0.479. The van der Waals surface area contributed by atoms with E-state index in [0.29, 0.717) is 26.4 Å². The summed E-state index contributed by atoms with van der Waals surface area (Å²) in [5.41, 5.74) is 3.15. The number of nitrogens with zero attached hydrogens (tertiary/aromatic N) is 1. The zero-order chi connectivity index (χ0) is 21.8. The van der Waals surface area contributed by atoms with E-state index in [1.165, 1.54) is 0 Å². The van der Waals surface area contributed by atoms with E-state index in [2.05, 4.69) is 26.6 Å². The Labute approximate surface area is 189 Å². The molecule has 6 nitrogen and oxygen atoms in total. The molecule has 1 amide bonds. The third-order valence-electron chi connectivity index (χ3n) is 4.85. The van der Waals surface area contributed by atoms with Gasteiger partial charge in [0.2, 0.25) is 0 Å². The number of hydrogen-bond acceptors (Lipinski definition) is 4. The molecule has 2 aromatic rings. The number of rotatable bonds is 5. The van der Waals surface area contributed by atoms with Crippen molar-refractivity contribution in [1.29, 1.82) is 0 Å². The van der Waals surface area contributed by atoms with Crippen molar-refractivity contribution >= 4 is 50.8 Å². The van der Waals surface area contributed by atoms with Gasteiger partial charge in [-0.05, 0) is 71.8 Å². The molecule has 0 saturated heterocycles. The number of hydrogen-bond donors (Lipinski definition) is 2. The summed E-state index contributed by atoms with van der Waals surface area (Å²) < 4.78 is 5.98. The second kappa shape index (κ2) is 9.40. The largest absolute Gasteiger partial charge is 0.463 e. The third kappa shape index (κ3) is 4.55. The molecular formula is C22H22BrN3O3S. The molecule has 1 aliphatic rings. The number of carbonyl (C=O) groups excluding carboxylic acids is 2. The molecule has 0 fully saturated rings. The first-order valence-corrected chi connectivity index (χ1v) is 10.6. The lowest BCUT2D eigenvalue weighted by atomic mass is 9.95. The van der Waals surface area contributed by atoms with Crippen LogP contribution in [0.1, 0.15) is 35.8 Å². The van der Waals surface area contributed by atoms with Gasteiger partial charge in [0.15, 0.2) is 5.11 Å². The molecule has 0 aromatic heterocycles. The summed E-state index contributed by atoms with van der Waals surface area (Å²) in [7, 11) is 1.80. The number of halogens is 1. The number of thiocarbonyl (C=S) groups is 1. The molecule has 1 atom stereocenters. The van der Waals surface area contributed by atoms with Gasteiger partial charge in [0.25, 0.3) is 5.91 Å². The molecule has 2 N–H and O–H groups in total. The summed E-state index contributed by atoms with van der Waals surface area (Å²) in [4.78, 5) is 27.1. The maximum Gasteiger partial charge on any atom is 0.338 e. The Morgan fingerprint density at radius 2 is 1.97 bits per heavy atom. The van der Waals surface area contributed by atoms with E-state index < -0.39 is 12.0 Å². The molecule has 0 radical (unpaired) electrons. The fourth-order valence-corrected chi connectivity index (χ4v) is 3.92. The number of esters is 1. The van der Waals surface area contributed by atoms with Crippen LogP contribution in [0.15, 0.2) is 64.3 Å². The van der Waals surface area contributed by atoms with Crippen LogP contribution in [0, 0.1) is 0 Å². The summed E-state index contributed by atoms with van der Waals surface area (Å²) in [5.74, 6) is -0.631. The van der Waals surface area contributed by atoms with Gasteiger partial charge in [-0.2, -0.15) is 0 Å². The van der Waals surface area contributed by atoms with Crippen molar-refractivity contribution in [2.45, 2.75) is 19.9 Å². The van der Waals surface area contributed by atoms with Crippen molar-refractivity contribution in [2.24, 2.45) is 0 Å². The minimum Gasteiger partial charge on any atom is -0.463 e. The zero-order valence-electron chi connectivity index (χ0n) is 16.9. The average Bonchev–Trinajstić information content (AvgIpc) is 2.72. The summed E-state index contributed by atoms with van der Waals surface area (Å²) >= 11 is 8.82. The predicted molar refractivity (Wildman–Crippen MR) is 124 cm³/mol. The Kier molecular flexibility index (Phi) is 6.89. The van der Waals surface area contributed by atoms with Crippen LogP contribution in [-0.2, 0) is 9.53 Å². The van der Waals surface area contributed by atoms with Crippen LogP contribution in [0.4, 0.5) is 5.69 Å². The van der Waals surface area contributed by atoms with Crippen molar-refractivity contribution < 1.29 is 14.3 Å². The molecule has 2 aromatic carbocycles. The van der Waals surface area contributed by atoms with Gasteiger partial charge in [0.05, 0.1) is 23.8 Å². The van der Waals surface area contributed by atoms with Gasteiger partial charge >= 0.3 is 5.97 Å². The van der Waals surface area contributed by atoms with Gasteiger partial charge in [-0.1, -0.05) is 24.3 Å². The highest BCUT2D eigenvalue weighted by Crippen LogP contribution is 2.32. The lowest BCUT2D eigenvalue weighted by molar-refractivity contribution is -0.139. The van der Waals surface area contributed by atoms with Gasteiger partial charge in [0.1, 0.15) is 0 Å². The van der Waals surface area contributed by atoms with E-state index in [1.54, 1.807) is 37.1 Å². The van der Waals surface area contributed by atoms with Crippen molar-refractivity contribution in [2.75, 3.05) is 19.0 Å². The van der Waals surface area contributed by atoms with Crippen LogP contribution in [-0.4, -0.2) is 35.5 Å².